The molecule has 0 bridgehead atoms. The zero-order valence-corrected chi connectivity index (χ0v) is 15.1. The van der Waals surface area contributed by atoms with Gasteiger partial charge < -0.3 is 14.6 Å². The minimum Gasteiger partial charge on any atom is -0.396 e. The minimum atomic E-state index is -0.352. The second-order valence-corrected chi connectivity index (χ2v) is 7.41. The summed E-state index contributed by atoms with van der Waals surface area (Å²) >= 11 is 12.3. The summed E-state index contributed by atoms with van der Waals surface area (Å²) in [5.41, 5.74) is 1.60. The molecule has 0 radical (unpaired) electrons. The summed E-state index contributed by atoms with van der Waals surface area (Å²) in [4.78, 5) is 2.21. The molecular formula is C19H19Cl2NO3. The van der Waals surface area contributed by atoms with Crippen LogP contribution in [0.1, 0.15) is 30.0 Å². The van der Waals surface area contributed by atoms with E-state index in [0.29, 0.717) is 29.7 Å². The van der Waals surface area contributed by atoms with Gasteiger partial charge in [0.25, 0.3) is 0 Å². The third-order valence-corrected chi connectivity index (χ3v) is 5.39. The Morgan fingerprint density at radius 1 is 0.960 bits per heavy atom. The van der Waals surface area contributed by atoms with Gasteiger partial charge in [0, 0.05) is 16.7 Å². The smallest absolute Gasteiger partial charge is 0.139 e. The van der Waals surface area contributed by atoms with Gasteiger partial charge in [-0.1, -0.05) is 47.5 Å². The molecule has 0 amide bonds. The van der Waals surface area contributed by atoms with E-state index < -0.39 is 0 Å². The first-order valence-corrected chi connectivity index (χ1v) is 9.02. The van der Waals surface area contributed by atoms with Crippen LogP contribution in [0.2, 0.25) is 10.0 Å². The van der Waals surface area contributed by atoms with Crippen molar-refractivity contribution in [3.63, 3.8) is 0 Å². The Morgan fingerprint density at radius 3 is 1.92 bits per heavy atom. The monoisotopic (exact) mass is 379 g/mol. The van der Waals surface area contributed by atoms with E-state index in [1.54, 1.807) is 0 Å². The van der Waals surface area contributed by atoms with Crippen molar-refractivity contribution in [1.82, 2.24) is 4.90 Å². The van der Waals surface area contributed by atoms with Crippen LogP contribution >= 0.6 is 23.2 Å². The van der Waals surface area contributed by atoms with E-state index in [0.717, 1.165) is 11.1 Å². The molecule has 132 valence electrons. The maximum Gasteiger partial charge on any atom is 0.139 e. The Balaban J connectivity index is 1.75. The van der Waals surface area contributed by atoms with Gasteiger partial charge in [0.15, 0.2) is 0 Å². The Bertz CT molecular complexity index is 712. The third-order valence-electron chi connectivity index (χ3n) is 4.92. The molecule has 0 aliphatic carbocycles. The normalized spacial score (nSPS) is 29.1. The quantitative estimate of drug-likeness (QED) is 0.865. The van der Waals surface area contributed by atoms with Crippen LogP contribution in [-0.4, -0.2) is 35.4 Å². The fourth-order valence-corrected chi connectivity index (χ4v) is 4.15. The summed E-state index contributed by atoms with van der Waals surface area (Å²) in [5.74, 6) is 0. The standard InChI is InChI=1S/C19H19Cl2NO3/c20-15-5-1-3-13(9-15)17-22-18(14-4-2-6-16(21)10-14)25-12-19(22,7-8-23)11-24-17/h1-6,9-10,17-18,23H,7-8,11-12H2/t17-,18?,19-/m0/s1. The number of rotatable bonds is 4. The highest BCUT2D eigenvalue weighted by atomic mass is 35.5. The molecular weight excluding hydrogens is 361 g/mol. The number of benzene rings is 2. The van der Waals surface area contributed by atoms with Gasteiger partial charge in [-0.2, -0.15) is 0 Å². The van der Waals surface area contributed by atoms with E-state index >= 15 is 0 Å². The van der Waals surface area contributed by atoms with Gasteiger partial charge in [-0.15, -0.1) is 0 Å². The molecule has 2 saturated heterocycles. The first-order chi connectivity index (χ1) is 12.1. The fraction of sp³-hybridized carbons (Fsp3) is 0.368. The molecule has 2 aromatic rings. The van der Waals surface area contributed by atoms with E-state index in [1.165, 1.54) is 0 Å². The van der Waals surface area contributed by atoms with Crippen molar-refractivity contribution in [2.75, 3.05) is 19.8 Å². The first-order valence-electron chi connectivity index (χ1n) is 8.26. The lowest BCUT2D eigenvalue weighted by Crippen LogP contribution is -2.45. The number of fused-ring (bicyclic) bond motifs is 1. The van der Waals surface area contributed by atoms with E-state index in [-0.39, 0.29) is 24.6 Å². The van der Waals surface area contributed by atoms with Gasteiger partial charge in [0.2, 0.25) is 0 Å². The number of ether oxygens (including phenoxy) is 2. The Morgan fingerprint density at radius 2 is 1.48 bits per heavy atom. The fourth-order valence-electron chi connectivity index (χ4n) is 3.76. The SMILES string of the molecule is OCC[C@]12COC(c3cccc(Cl)c3)N1[C@H](c1cccc(Cl)c1)OC2. The Kier molecular flexibility index (Phi) is 4.75. The number of halogens is 2. The third kappa shape index (κ3) is 3.08. The summed E-state index contributed by atoms with van der Waals surface area (Å²) in [6.45, 7) is 1.08. The van der Waals surface area contributed by atoms with Crippen molar-refractivity contribution >= 4 is 23.2 Å². The minimum absolute atomic E-state index is 0.0771. The highest BCUT2D eigenvalue weighted by Gasteiger charge is 2.56. The van der Waals surface area contributed by atoms with Crippen LogP contribution in [0.5, 0.6) is 0 Å². The van der Waals surface area contributed by atoms with Crippen molar-refractivity contribution < 1.29 is 14.6 Å². The molecule has 0 saturated carbocycles. The molecule has 4 nitrogen and oxygen atoms in total. The highest BCUT2D eigenvalue weighted by Crippen LogP contribution is 2.50. The molecule has 2 aliphatic rings. The zero-order chi connectivity index (χ0) is 17.4. The van der Waals surface area contributed by atoms with Crippen molar-refractivity contribution in [2.24, 2.45) is 0 Å². The van der Waals surface area contributed by atoms with Crippen molar-refractivity contribution in [1.29, 1.82) is 0 Å². The largest absolute Gasteiger partial charge is 0.396 e. The summed E-state index contributed by atoms with van der Waals surface area (Å²) in [5, 5.41) is 10.9. The molecule has 3 atom stereocenters. The summed E-state index contributed by atoms with van der Waals surface area (Å²) in [6, 6.07) is 15.3. The average Bonchev–Trinajstić information content (AvgIpc) is 3.12. The molecule has 0 spiro atoms. The van der Waals surface area contributed by atoms with Crippen LogP contribution in [0.15, 0.2) is 48.5 Å². The van der Waals surface area contributed by atoms with Crippen molar-refractivity contribution in [3.8, 4) is 0 Å². The van der Waals surface area contributed by atoms with Gasteiger partial charge in [0.1, 0.15) is 12.5 Å². The molecule has 0 aromatic heterocycles. The average molecular weight is 380 g/mol. The molecule has 2 aliphatic heterocycles. The van der Waals surface area contributed by atoms with Gasteiger partial charge in [-0.05, 0) is 41.8 Å². The van der Waals surface area contributed by atoms with Crippen LogP contribution in [0.25, 0.3) is 0 Å². The van der Waals surface area contributed by atoms with E-state index in [1.807, 2.05) is 48.5 Å². The molecule has 2 heterocycles. The predicted molar refractivity (Wildman–Crippen MR) is 96.6 cm³/mol. The van der Waals surface area contributed by atoms with Crippen LogP contribution in [0.3, 0.4) is 0 Å². The van der Waals surface area contributed by atoms with Gasteiger partial charge >= 0.3 is 0 Å². The molecule has 1 N–H and O–H groups in total. The maximum atomic E-state index is 9.59. The van der Waals surface area contributed by atoms with Crippen LogP contribution in [0, 0.1) is 0 Å². The zero-order valence-electron chi connectivity index (χ0n) is 13.6. The lowest BCUT2D eigenvalue weighted by Gasteiger charge is -2.34. The molecule has 4 rings (SSSR count). The molecule has 2 fully saturated rings. The van der Waals surface area contributed by atoms with E-state index in [4.69, 9.17) is 32.7 Å². The lowest BCUT2D eigenvalue weighted by atomic mass is 9.96. The van der Waals surface area contributed by atoms with Crippen LogP contribution in [0.4, 0.5) is 0 Å². The van der Waals surface area contributed by atoms with E-state index in [2.05, 4.69) is 4.90 Å². The number of nitrogens with zero attached hydrogens (tertiary/aromatic N) is 1. The molecule has 6 heteroatoms. The second kappa shape index (κ2) is 6.88. The van der Waals surface area contributed by atoms with Gasteiger partial charge in [-0.25, -0.2) is 4.90 Å². The van der Waals surface area contributed by atoms with E-state index in [9.17, 15) is 5.11 Å². The Hall–Kier alpha value is -1.14. The second-order valence-electron chi connectivity index (χ2n) is 6.54. The van der Waals surface area contributed by atoms with Crippen LogP contribution < -0.4 is 0 Å². The van der Waals surface area contributed by atoms with Gasteiger partial charge in [-0.3, -0.25) is 0 Å². The summed E-state index contributed by atoms with van der Waals surface area (Å²) in [6.07, 6.45) is 0.0228. The van der Waals surface area contributed by atoms with Crippen LogP contribution in [-0.2, 0) is 9.47 Å². The highest BCUT2D eigenvalue weighted by molar-refractivity contribution is 6.30. The molecule has 25 heavy (non-hydrogen) atoms. The number of aliphatic hydroxyl groups is 1. The number of aliphatic hydroxyl groups excluding tert-OH is 1. The first kappa shape index (κ1) is 17.3. The van der Waals surface area contributed by atoms with Gasteiger partial charge in [0.05, 0.1) is 18.8 Å². The predicted octanol–water partition coefficient (Wildman–Crippen LogP) is 4.17. The maximum absolute atomic E-state index is 9.59. The summed E-state index contributed by atoms with van der Waals surface area (Å²) < 4.78 is 12.3. The number of hydrogen-bond donors (Lipinski definition) is 1. The molecule has 2 aromatic carbocycles. The van der Waals surface area contributed by atoms with Crippen molar-refractivity contribution in [2.45, 2.75) is 24.4 Å². The lowest BCUT2D eigenvalue weighted by molar-refractivity contribution is -0.0623. The molecule has 1 unspecified atom stereocenters. The number of hydrogen-bond acceptors (Lipinski definition) is 4. The summed E-state index contributed by atoms with van der Waals surface area (Å²) in [7, 11) is 0. The topological polar surface area (TPSA) is 41.9 Å². The van der Waals surface area contributed by atoms with Crippen molar-refractivity contribution in [3.05, 3.63) is 69.7 Å². The Labute approximate surface area is 156 Å².